The molecule has 1 amide bonds. The number of rotatable bonds is 6. The van der Waals surface area contributed by atoms with E-state index in [1.807, 2.05) is 29.6 Å². The highest BCUT2D eigenvalue weighted by molar-refractivity contribution is 14.1. The molecule has 1 aromatic heterocycles. The summed E-state index contributed by atoms with van der Waals surface area (Å²) in [5.74, 6) is -0.470. The van der Waals surface area contributed by atoms with Gasteiger partial charge in [0.1, 0.15) is 0 Å². The fourth-order valence-electron chi connectivity index (χ4n) is 2.84. The highest BCUT2D eigenvalue weighted by atomic mass is 127. The van der Waals surface area contributed by atoms with Crippen molar-refractivity contribution in [3.05, 3.63) is 92.3 Å². The summed E-state index contributed by atoms with van der Waals surface area (Å²) in [6.07, 6.45) is 0. The molecule has 4 rings (SSSR count). The molecule has 2 N–H and O–H groups in total. The first-order valence-electron chi connectivity index (χ1n) is 9.22. The largest absolute Gasteiger partial charge is 0.298 e. The van der Waals surface area contributed by atoms with Gasteiger partial charge in [-0.25, -0.2) is 13.4 Å². The molecule has 0 spiro atoms. The lowest BCUT2D eigenvalue weighted by Gasteiger charge is -2.12. The van der Waals surface area contributed by atoms with Crippen molar-refractivity contribution in [2.45, 2.75) is 4.90 Å². The van der Waals surface area contributed by atoms with Gasteiger partial charge in [0.15, 0.2) is 5.13 Å². The van der Waals surface area contributed by atoms with Gasteiger partial charge in [0, 0.05) is 19.5 Å². The highest BCUT2D eigenvalue weighted by Crippen LogP contribution is 2.27. The maximum absolute atomic E-state index is 12.9. The number of amides is 1. The molecule has 32 heavy (non-hydrogen) atoms. The first-order chi connectivity index (χ1) is 15.3. The molecule has 0 bridgehead atoms. The summed E-state index contributed by atoms with van der Waals surface area (Å²) in [5.41, 5.74) is 2.03. The molecule has 0 aliphatic rings. The molecule has 3 aromatic carbocycles. The Morgan fingerprint density at radius 1 is 0.969 bits per heavy atom. The van der Waals surface area contributed by atoms with Crippen LogP contribution in [0.15, 0.2) is 83.1 Å². The topological polar surface area (TPSA) is 88.2 Å². The van der Waals surface area contributed by atoms with Crippen molar-refractivity contribution in [2.24, 2.45) is 0 Å². The zero-order valence-corrected chi connectivity index (χ0v) is 20.8. The predicted octanol–water partition coefficient (Wildman–Crippen LogP) is 6.12. The minimum Gasteiger partial charge on any atom is -0.298 e. The minimum atomic E-state index is -3.90. The van der Waals surface area contributed by atoms with Gasteiger partial charge in [0.2, 0.25) is 0 Å². The van der Waals surface area contributed by atoms with Crippen molar-refractivity contribution < 1.29 is 13.2 Å². The third-order valence-corrected chi connectivity index (χ3v) is 7.51. The lowest BCUT2D eigenvalue weighted by Crippen LogP contribution is -2.18. The molecular weight excluding hydrogens is 581 g/mol. The Morgan fingerprint density at radius 2 is 1.66 bits per heavy atom. The molecule has 0 fully saturated rings. The van der Waals surface area contributed by atoms with Crippen LogP contribution in [0, 0.1) is 3.57 Å². The second-order valence-corrected chi connectivity index (χ2v) is 10.8. The molecule has 4 aromatic rings. The van der Waals surface area contributed by atoms with Crippen LogP contribution in [0.5, 0.6) is 0 Å². The summed E-state index contributed by atoms with van der Waals surface area (Å²) in [6, 6.07) is 20.0. The lowest BCUT2D eigenvalue weighted by molar-refractivity contribution is 0.102. The second-order valence-electron chi connectivity index (χ2n) is 6.60. The van der Waals surface area contributed by atoms with Gasteiger partial charge in [0.25, 0.3) is 15.9 Å². The summed E-state index contributed by atoms with van der Waals surface area (Å²) in [5, 5.41) is 5.45. The van der Waals surface area contributed by atoms with Crippen LogP contribution >= 0.6 is 45.5 Å². The SMILES string of the molecule is O=C(Nc1nc(-c2ccc(I)cc2)cs1)c1ccccc1NS(=O)(=O)c1ccc(Cl)cc1. The van der Waals surface area contributed by atoms with Crippen molar-refractivity contribution in [3.8, 4) is 11.3 Å². The molecule has 0 aliphatic carbocycles. The average Bonchev–Trinajstić information content (AvgIpc) is 3.23. The van der Waals surface area contributed by atoms with Crippen LogP contribution in [0.1, 0.15) is 10.4 Å². The molecular formula is C22H15ClIN3O3S2. The number of carbonyl (C=O) groups is 1. The van der Waals surface area contributed by atoms with E-state index in [-0.39, 0.29) is 16.1 Å². The molecule has 6 nitrogen and oxygen atoms in total. The van der Waals surface area contributed by atoms with Crippen LogP contribution in [0.3, 0.4) is 0 Å². The second kappa shape index (κ2) is 9.57. The quantitative estimate of drug-likeness (QED) is 0.263. The van der Waals surface area contributed by atoms with Gasteiger partial charge >= 0.3 is 0 Å². The van der Waals surface area contributed by atoms with Gasteiger partial charge < -0.3 is 0 Å². The fraction of sp³-hybridized carbons (Fsp3) is 0. The van der Waals surface area contributed by atoms with E-state index < -0.39 is 15.9 Å². The highest BCUT2D eigenvalue weighted by Gasteiger charge is 2.19. The maximum atomic E-state index is 12.9. The van der Waals surface area contributed by atoms with Crippen molar-refractivity contribution in [1.82, 2.24) is 4.98 Å². The molecule has 0 unspecified atom stereocenters. The van der Waals surface area contributed by atoms with Crippen molar-refractivity contribution >= 4 is 72.3 Å². The van der Waals surface area contributed by atoms with Gasteiger partial charge in [-0.05, 0) is 71.1 Å². The number of aromatic nitrogens is 1. The van der Waals surface area contributed by atoms with Crippen LogP contribution in [0.2, 0.25) is 5.02 Å². The molecule has 0 saturated carbocycles. The normalized spacial score (nSPS) is 11.2. The Balaban J connectivity index is 1.54. The number of nitrogens with zero attached hydrogens (tertiary/aromatic N) is 1. The van der Waals surface area contributed by atoms with Crippen LogP contribution < -0.4 is 10.0 Å². The molecule has 0 saturated heterocycles. The van der Waals surface area contributed by atoms with E-state index in [2.05, 4.69) is 37.6 Å². The van der Waals surface area contributed by atoms with E-state index in [9.17, 15) is 13.2 Å². The van der Waals surface area contributed by atoms with Crippen LogP contribution in [0.4, 0.5) is 10.8 Å². The number of hydrogen-bond donors (Lipinski definition) is 2. The van der Waals surface area contributed by atoms with E-state index in [0.717, 1.165) is 14.8 Å². The van der Waals surface area contributed by atoms with Gasteiger partial charge in [-0.15, -0.1) is 11.3 Å². The van der Waals surface area contributed by atoms with Gasteiger partial charge in [0.05, 0.1) is 21.8 Å². The number of halogens is 2. The summed E-state index contributed by atoms with van der Waals surface area (Å²) >= 11 is 9.36. The average molecular weight is 596 g/mol. The Bertz CT molecular complexity index is 1370. The summed E-state index contributed by atoms with van der Waals surface area (Å²) in [4.78, 5) is 17.4. The predicted molar refractivity (Wildman–Crippen MR) is 137 cm³/mol. The summed E-state index contributed by atoms with van der Waals surface area (Å²) in [7, 11) is -3.90. The number of para-hydroxylation sites is 1. The molecule has 0 aliphatic heterocycles. The van der Waals surface area contributed by atoms with Gasteiger partial charge in [-0.1, -0.05) is 35.9 Å². The van der Waals surface area contributed by atoms with Crippen LogP contribution in [-0.2, 0) is 10.0 Å². The molecule has 0 atom stereocenters. The van der Waals surface area contributed by atoms with Gasteiger partial charge in [-0.3, -0.25) is 14.8 Å². The maximum Gasteiger partial charge on any atom is 0.261 e. The number of nitrogens with one attached hydrogen (secondary N) is 2. The monoisotopic (exact) mass is 595 g/mol. The van der Waals surface area contributed by atoms with E-state index in [1.54, 1.807) is 18.2 Å². The van der Waals surface area contributed by atoms with E-state index in [0.29, 0.717) is 10.2 Å². The fourth-order valence-corrected chi connectivity index (χ4v) is 5.12. The first kappa shape index (κ1) is 22.7. The standard InChI is InChI=1S/C22H15ClIN3O3S2/c23-15-7-11-17(12-8-15)32(29,30)27-19-4-2-1-3-18(19)21(28)26-22-25-20(13-31-22)14-5-9-16(24)10-6-14/h1-13,27H,(H,25,26,28). The number of sulfonamides is 1. The van der Waals surface area contributed by atoms with Crippen molar-refractivity contribution in [3.63, 3.8) is 0 Å². The smallest absolute Gasteiger partial charge is 0.261 e. The van der Waals surface area contributed by atoms with E-state index in [4.69, 9.17) is 11.6 Å². The molecule has 0 radical (unpaired) electrons. The zero-order valence-electron chi connectivity index (χ0n) is 16.2. The Morgan fingerprint density at radius 3 is 2.38 bits per heavy atom. The van der Waals surface area contributed by atoms with E-state index >= 15 is 0 Å². The number of thiazole rings is 1. The molecule has 10 heteroatoms. The summed E-state index contributed by atoms with van der Waals surface area (Å²) < 4.78 is 29.1. The van der Waals surface area contributed by atoms with Gasteiger partial charge in [-0.2, -0.15) is 0 Å². The molecule has 1 heterocycles. The Hall–Kier alpha value is -2.47. The number of benzene rings is 3. The number of hydrogen-bond acceptors (Lipinski definition) is 5. The summed E-state index contributed by atoms with van der Waals surface area (Å²) in [6.45, 7) is 0. The number of anilines is 2. The third kappa shape index (κ3) is 5.29. The third-order valence-electron chi connectivity index (χ3n) is 4.40. The van der Waals surface area contributed by atoms with Crippen LogP contribution in [-0.4, -0.2) is 19.3 Å². The van der Waals surface area contributed by atoms with E-state index in [1.165, 1.54) is 41.7 Å². The minimum absolute atomic E-state index is 0.0409. The number of carbonyl (C=O) groups excluding carboxylic acids is 1. The van der Waals surface area contributed by atoms with Crippen molar-refractivity contribution in [2.75, 3.05) is 10.0 Å². The van der Waals surface area contributed by atoms with Crippen LogP contribution in [0.25, 0.3) is 11.3 Å². The molecule has 162 valence electrons. The Labute approximate surface area is 207 Å². The Kier molecular flexibility index (Phi) is 6.79. The first-order valence-corrected chi connectivity index (χ1v) is 13.0. The van der Waals surface area contributed by atoms with Crippen molar-refractivity contribution in [1.29, 1.82) is 0 Å². The lowest BCUT2D eigenvalue weighted by atomic mass is 10.2. The zero-order chi connectivity index (χ0) is 22.7.